The molecule has 0 saturated heterocycles. The van der Waals surface area contributed by atoms with E-state index >= 15 is 0 Å². The molecule has 0 aliphatic rings. The van der Waals surface area contributed by atoms with Gasteiger partial charge in [-0.3, -0.25) is 18.6 Å². The van der Waals surface area contributed by atoms with Crippen molar-refractivity contribution in [1.29, 1.82) is 0 Å². The lowest BCUT2D eigenvalue weighted by molar-refractivity contribution is -0.161. The zero-order chi connectivity index (χ0) is 29.7. The number of phosphoric acid groups is 1. The Labute approximate surface area is 244 Å². The van der Waals surface area contributed by atoms with Crippen molar-refractivity contribution in [3.63, 3.8) is 0 Å². The zero-order valence-electron chi connectivity index (χ0n) is 25.6. The van der Waals surface area contributed by atoms with E-state index in [1.807, 2.05) is 0 Å². The summed E-state index contributed by atoms with van der Waals surface area (Å²) >= 11 is 0. The molecule has 2 atom stereocenters. The first-order valence-corrected chi connectivity index (χ1v) is 17.5. The average molecular weight is 594 g/mol. The zero-order valence-corrected chi connectivity index (χ0v) is 26.5. The third-order valence-corrected chi connectivity index (χ3v) is 7.73. The number of nitrogens with two attached hydrogens (primary N) is 1. The van der Waals surface area contributed by atoms with Gasteiger partial charge in [0, 0.05) is 19.4 Å². The average Bonchev–Trinajstić information content (AvgIpc) is 2.93. The molecule has 1 unspecified atom stereocenters. The van der Waals surface area contributed by atoms with Crippen molar-refractivity contribution >= 4 is 19.8 Å². The quantitative estimate of drug-likeness (QED) is 0.0486. The highest BCUT2D eigenvalue weighted by atomic mass is 31.2. The minimum absolute atomic E-state index is 0.0571. The largest absolute Gasteiger partial charge is 0.472 e. The summed E-state index contributed by atoms with van der Waals surface area (Å²) < 4.78 is 32.4. The molecule has 0 aromatic heterocycles. The fourth-order valence-electron chi connectivity index (χ4n) is 4.34. The van der Waals surface area contributed by atoms with Crippen LogP contribution < -0.4 is 5.73 Å². The van der Waals surface area contributed by atoms with Crippen molar-refractivity contribution in [3.05, 3.63) is 0 Å². The van der Waals surface area contributed by atoms with E-state index in [1.54, 1.807) is 0 Å². The molecule has 0 rings (SSSR count). The topological polar surface area (TPSA) is 134 Å². The molecular formula is C30H60NO8P. The number of hydrogen-bond acceptors (Lipinski definition) is 8. The van der Waals surface area contributed by atoms with E-state index in [-0.39, 0.29) is 38.6 Å². The second kappa shape index (κ2) is 28.1. The summed E-state index contributed by atoms with van der Waals surface area (Å²) in [4.78, 5) is 34.3. The molecule has 0 bridgehead atoms. The molecule has 0 aromatic rings. The van der Waals surface area contributed by atoms with E-state index in [2.05, 4.69) is 13.8 Å². The Morgan fingerprint density at radius 3 is 1.52 bits per heavy atom. The smallest absolute Gasteiger partial charge is 0.462 e. The number of unbranched alkanes of at least 4 members (excludes halogenated alkanes) is 17. The van der Waals surface area contributed by atoms with E-state index in [1.165, 1.54) is 77.0 Å². The van der Waals surface area contributed by atoms with Crippen LogP contribution in [0.25, 0.3) is 0 Å². The Morgan fingerprint density at radius 2 is 1.07 bits per heavy atom. The van der Waals surface area contributed by atoms with Crippen molar-refractivity contribution in [1.82, 2.24) is 0 Å². The third-order valence-electron chi connectivity index (χ3n) is 6.74. The van der Waals surface area contributed by atoms with Gasteiger partial charge in [-0.05, 0) is 12.8 Å². The molecule has 0 aliphatic heterocycles. The molecule has 10 heteroatoms. The summed E-state index contributed by atoms with van der Waals surface area (Å²) in [5, 5.41) is 0. The first-order valence-electron chi connectivity index (χ1n) is 16.0. The normalized spacial score (nSPS) is 13.6. The van der Waals surface area contributed by atoms with E-state index in [0.29, 0.717) is 6.42 Å². The minimum atomic E-state index is -4.35. The molecule has 0 heterocycles. The maximum absolute atomic E-state index is 12.4. The van der Waals surface area contributed by atoms with Crippen molar-refractivity contribution in [2.45, 2.75) is 155 Å². The van der Waals surface area contributed by atoms with Gasteiger partial charge >= 0.3 is 19.8 Å². The second-order valence-electron chi connectivity index (χ2n) is 10.7. The van der Waals surface area contributed by atoms with E-state index in [9.17, 15) is 19.0 Å². The van der Waals surface area contributed by atoms with Gasteiger partial charge in [-0.15, -0.1) is 0 Å². The second-order valence-corrected chi connectivity index (χ2v) is 12.1. The van der Waals surface area contributed by atoms with Crippen LogP contribution in [0.1, 0.15) is 149 Å². The predicted molar refractivity (Wildman–Crippen MR) is 160 cm³/mol. The maximum Gasteiger partial charge on any atom is 0.472 e. The number of carbonyl (C=O) groups is 2. The molecule has 0 aliphatic carbocycles. The molecule has 40 heavy (non-hydrogen) atoms. The first-order chi connectivity index (χ1) is 19.3. The van der Waals surface area contributed by atoms with Gasteiger partial charge < -0.3 is 20.1 Å². The molecule has 0 aromatic carbocycles. The number of carbonyl (C=O) groups excluding carboxylic acids is 2. The lowest BCUT2D eigenvalue weighted by Gasteiger charge is -2.19. The van der Waals surface area contributed by atoms with Crippen molar-refractivity contribution in [2.75, 3.05) is 26.4 Å². The summed E-state index contributed by atoms with van der Waals surface area (Å²) in [5.74, 6) is -0.830. The van der Waals surface area contributed by atoms with E-state index in [4.69, 9.17) is 24.3 Å². The Bertz CT molecular complexity index is 649. The third kappa shape index (κ3) is 27.2. The van der Waals surface area contributed by atoms with Gasteiger partial charge in [0.25, 0.3) is 0 Å². The summed E-state index contributed by atoms with van der Waals surface area (Å²) in [7, 11) is -4.35. The summed E-state index contributed by atoms with van der Waals surface area (Å²) in [5.41, 5.74) is 5.30. The molecule has 0 saturated carbocycles. The van der Waals surface area contributed by atoms with Crippen LogP contribution in [0.4, 0.5) is 0 Å². The predicted octanol–water partition coefficient (Wildman–Crippen LogP) is 7.77. The lowest BCUT2D eigenvalue weighted by Crippen LogP contribution is -2.29. The molecular weight excluding hydrogens is 533 g/mol. The van der Waals surface area contributed by atoms with Crippen LogP contribution in [0, 0.1) is 0 Å². The van der Waals surface area contributed by atoms with Crippen molar-refractivity contribution in [2.24, 2.45) is 5.73 Å². The minimum Gasteiger partial charge on any atom is -0.462 e. The Balaban J connectivity index is 4.28. The summed E-state index contributed by atoms with van der Waals surface area (Å²) in [6.07, 6.45) is 21.5. The standard InChI is InChI=1S/C30H60NO8P/c1-3-5-7-9-11-13-14-15-17-18-20-22-29(32)36-26-28(27-38-40(34,35)37-25-24-31)39-30(33)23-21-19-16-12-10-8-6-4-2/h28H,3-27,31H2,1-2H3,(H,34,35)/t28-/m1/s1. The van der Waals surface area contributed by atoms with Gasteiger partial charge in [-0.1, -0.05) is 123 Å². The van der Waals surface area contributed by atoms with Crippen LogP contribution in [-0.4, -0.2) is 49.3 Å². The molecule has 0 spiro atoms. The highest BCUT2D eigenvalue weighted by molar-refractivity contribution is 7.47. The van der Waals surface area contributed by atoms with Crippen LogP contribution in [0.2, 0.25) is 0 Å². The van der Waals surface area contributed by atoms with Crippen LogP contribution in [-0.2, 0) is 32.7 Å². The van der Waals surface area contributed by atoms with Gasteiger partial charge in [-0.2, -0.15) is 0 Å². The number of ether oxygens (including phenoxy) is 2. The van der Waals surface area contributed by atoms with Crippen LogP contribution in [0.3, 0.4) is 0 Å². The van der Waals surface area contributed by atoms with Crippen LogP contribution >= 0.6 is 7.82 Å². The van der Waals surface area contributed by atoms with Gasteiger partial charge in [-0.25, -0.2) is 4.57 Å². The highest BCUT2D eigenvalue weighted by Crippen LogP contribution is 2.43. The lowest BCUT2D eigenvalue weighted by atomic mass is 10.1. The number of rotatable bonds is 30. The van der Waals surface area contributed by atoms with Gasteiger partial charge in [0.15, 0.2) is 6.10 Å². The Kier molecular flexibility index (Phi) is 27.4. The van der Waals surface area contributed by atoms with Gasteiger partial charge in [0.2, 0.25) is 0 Å². The number of esters is 2. The molecule has 3 N–H and O–H groups in total. The van der Waals surface area contributed by atoms with E-state index < -0.39 is 26.5 Å². The van der Waals surface area contributed by atoms with Gasteiger partial charge in [0.05, 0.1) is 13.2 Å². The molecule has 238 valence electrons. The fraction of sp³-hybridized carbons (Fsp3) is 0.933. The fourth-order valence-corrected chi connectivity index (χ4v) is 5.10. The SMILES string of the molecule is CCCCCCCCCCCCCC(=O)OC[C@H](COP(=O)(O)OCCN)OC(=O)CCCCCCCCCC. The van der Waals surface area contributed by atoms with Crippen LogP contribution in [0.15, 0.2) is 0 Å². The first kappa shape index (κ1) is 39.0. The molecule has 9 nitrogen and oxygen atoms in total. The summed E-state index contributed by atoms with van der Waals surface area (Å²) in [6, 6.07) is 0. The Morgan fingerprint density at radius 1 is 0.650 bits per heavy atom. The van der Waals surface area contributed by atoms with Crippen molar-refractivity contribution in [3.8, 4) is 0 Å². The monoisotopic (exact) mass is 593 g/mol. The molecule has 0 amide bonds. The summed E-state index contributed by atoms with van der Waals surface area (Å²) in [6.45, 7) is 3.67. The molecule has 0 fully saturated rings. The van der Waals surface area contributed by atoms with Gasteiger partial charge in [0.1, 0.15) is 6.61 Å². The van der Waals surface area contributed by atoms with E-state index in [0.717, 1.165) is 38.5 Å². The Hall–Kier alpha value is -0.990. The number of hydrogen-bond donors (Lipinski definition) is 2. The number of phosphoric ester groups is 1. The maximum atomic E-state index is 12.4. The van der Waals surface area contributed by atoms with Crippen molar-refractivity contribution < 1.29 is 37.6 Å². The highest BCUT2D eigenvalue weighted by Gasteiger charge is 2.25. The molecule has 0 radical (unpaired) electrons. The van der Waals surface area contributed by atoms with Crippen LogP contribution in [0.5, 0.6) is 0 Å².